The normalized spacial score (nSPS) is 14.0. The number of nitrogens with zero attached hydrogens (tertiary/aromatic N) is 3. The average molecular weight is 737 g/mol. The zero-order chi connectivity index (χ0) is 41.4. The lowest BCUT2D eigenvalue weighted by atomic mass is 9.67. The molecule has 0 atom stereocenters. The van der Waals surface area contributed by atoms with Gasteiger partial charge in [0.2, 0.25) is 0 Å². The van der Waals surface area contributed by atoms with Gasteiger partial charge < -0.3 is 0 Å². The summed E-state index contributed by atoms with van der Waals surface area (Å²) in [6.07, 6.45) is 0. The lowest BCUT2D eigenvalue weighted by Gasteiger charge is -2.33. The summed E-state index contributed by atoms with van der Waals surface area (Å²) in [7, 11) is 0. The third-order valence-corrected chi connectivity index (χ3v) is 12.1. The van der Waals surface area contributed by atoms with E-state index >= 15 is 0 Å². The molecule has 0 fully saturated rings. The molecule has 3 nitrogen and oxygen atoms in total. The summed E-state index contributed by atoms with van der Waals surface area (Å²) < 4.78 is 45.7. The van der Waals surface area contributed by atoms with E-state index in [1.54, 1.807) is 11.3 Å². The molecule has 56 heavy (non-hydrogen) atoms. The highest BCUT2D eigenvalue weighted by atomic mass is 32.1. The molecule has 11 rings (SSSR count). The van der Waals surface area contributed by atoms with E-state index in [-0.39, 0.29) is 23.5 Å². The van der Waals surface area contributed by atoms with Crippen LogP contribution in [0.2, 0.25) is 0 Å². The largest absolute Gasteiger partial charge is 0.208 e. The zero-order valence-corrected chi connectivity index (χ0v) is 30.7. The minimum atomic E-state index is -0.664. The molecule has 2 heterocycles. The Morgan fingerprint density at radius 1 is 0.411 bits per heavy atom. The second-order valence-electron chi connectivity index (χ2n) is 13.9. The van der Waals surface area contributed by atoms with Crippen LogP contribution in [0.15, 0.2) is 200 Å². The number of hydrogen-bond acceptors (Lipinski definition) is 4. The van der Waals surface area contributed by atoms with E-state index in [1.165, 1.54) is 20.2 Å². The zero-order valence-electron chi connectivity index (χ0n) is 34.9. The van der Waals surface area contributed by atoms with Crippen LogP contribution in [0, 0.1) is 0 Å². The van der Waals surface area contributed by atoms with Gasteiger partial charge in [0, 0.05) is 36.9 Å². The molecule has 1 aliphatic rings. The van der Waals surface area contributed by atoms with Gasteiger partial charge in [-0.3, -0.25) is 0 Å². The Hall–Kier alpha value is -7.01. The standard InChI is InChI=1S/C52H33N3S/c1-4-16-35(17-5-1)49-53-50(36-32-30-34(31-33-36)39-24-15-29-46-48(39)41-23-11-13-28-45(41)56-46)55-51(54-49)42-25-14-27-44-47(42)40-22-10-12-26-43(40)52(44,37-18-6-2-7-19-37)38-20-8-3-9-21-38/h1-33H/i1D,4D,5D,16D,17D. The maximum atomic E-state index is 8.95. The monoisotopic (exact) mass is 736 g/mol. The van der Waals surface area contributed by atoms with Crippen molar-refractivity contribution in [3.8, 4) is 56.4 Å². The van der Waals surface area contributed by atoms with Crippen LogP contribution in [0.5, 0.6) is 0 Å². The average Bonchev–Trinajstić information content (AvgIpc) is 3.85. The van der Waals surface area contributed by atoms with Crippen molar-refractivity contribution in [3.63, 3.8) is 0 Å². The first-order valence-electron chi connectivity index (χ1n) is 21.0. The molecular weight excluding hydrogens is 699 g/mol. The predicted molar refractivity (Wildman–Crippen MR) is 232 cm³/mol. The Balaban J connectivity index is 1.15. The molecule has 0 saturated heterocycles. The van der Waals surface area contributed by atoms with E-state index < -0.39 is 23.5 Å². The Morgan fingerprint density at radius 2 is 0.964 bits per heavy atom. The topological polar surface area (TPSA) is 38.7 Å². The molecule has 0 aliphatic heterocycles. The predicted octanol–water partition coefficient (Wildman–Crippen LogP) is 13.3. The first-order valence-corrected chi connectivity index (χ1v) is 19.4. The maximum absolute atomic E-state index is 8.95. The molecule has 0 amide bonds. The molecule has 4 heteroatoms. The van der Waals surface area contributed by atoms with Crippen LogP contribution in [-0.2, 0) is 5.41 Å². The third-order valence-electron chi connectivity index (χ3n) is 10.9. The van der Waals surface area contributed by atoms with Gasteiger partial charge in [0.15, 0.2) is 17.5 Å². The summed E-state index contributed by atoms with van der Waals surface area (Å²) in [5.74, 6) is 0.643. The smallest absolute Gasteiger partial charge is 0.164 e. The van der Waals surface area contributed by atoms with Crippen molar-refractivity contribution in [2.75, 3.05) is 0 Å². The van der Waals surface area contributed by atoms with Crippen molar-refractivity contribution in [2.45, 2.75) is 5.41 Å². The summed E-state index contributed by atoms with van der Waals surface area (Å²) >= 11 is 1.78. The van der Waals surface area contributed by atoms with E-state index in [2.05, 4.69) is 127 Å². The van der Waals surface area contributed by atoms with Crippen LogP contribution < -0.4 is 0 Å². The Kier molecular flexibility index (Phi) is 6.44. The third kappa shape index (κ3) is 5.00. The number of thiophene rings is 1. The van der Waals surface area contributed by atoms with E-state index in [9.17, 15) is 0 Å². The van der Waals surface area contributed by atoms with Gasteiger partial charge in [-0.25, -0.2) is 15.0 Å². The van der Waals surface area contributed by atoms with Crippen molar-refractivity contribution in [3.05, 3.63) is 222 Å². The van der Waals surface area contributed by atoms with E-state index in [4.69, 9.17) is 21.8 Å². The maximum Gasteiger partial charge on any atom is 0.164 e. The first-order chi connectivity index (χ1) is 29.8. The molecule has 10 aromatic rings. The summed E-state index contributed by atoms with van der Waals surface area (Å²) in [5, 5.41) is 2.43. The van der Waals surface area contributed by atoms with Crippen LogP contribution in [-0.4, -0.2) is 15.0 Å². The fourth-order valence-electron chi connectivity index (χ4n) is 8.59. The van der Waals surface area contributed by atoms with Gasteiger partial charge in [0.05, 0.1) is 12.3 Å². The number of benzene rings is 8. The SMILES string of the molecule is [2H]c1c([2H])c([2H])c(-c2nc(-c3ccc(-c4cccc5sc6ccccc6c45)cc3)nc(-c3cccc4c3-c3ccccc3C4(c3ccccc3)c3ccccc3)n2)c([2H])c1[2H]. The molecule has 0 radical (unpaired) electrons. The summed E-state index contributed by atoms with van der Waals surface area (Å²) in [4.78, 5) is 15.1. The molecule has 1 aliphatic carbocycles. The number of aromatic nitrogens is 3. The first kappa shape index (κ1) is 27.6. The molecular formula is C52H33N3S. The molecule has 2 aromatic heterocycles. The Bertz CT molecular complexity index is 3300. The minimum Gasteiger partial charge on any atom is -0.208 e. The van der Waals surface area contributed by atoms with Crippen LogP contribution in [0.1, 0.15) is 29.1 Å². The van der Waals surface area contributed by atoms with Gasteiger partial charge in [-0.15, -0.1) is 11.3 Å². The van der Waals surface area contributed by atoms with Crippen molar-refractivity contribution in [1.82, 2.24) is 15.0 Å². The quantitative estimate of drug-likeness (QED) is 0.171. The van der Waals surface area contributed by atoms with Gasteiger partial charge in [-0.2, -0.15) is 0 Å². The molecule has 0 spiro atoms. The van der Waals surface area contributed by atoms with E-state index in [1.807, 2.05) is 42.5 Å². The summed E-state index contributed by atoms with van der Waals surface area (Å²) in [6, 6.07) is 56.5. The van der Waals surface area contributed by atoms with Crippen molar-refractivity contribution >= 4 is 31.5 Å². The van der Waals surface area contributed by atoms with Crippen LogP contribution >= 0.6 is 11.3 Å². The molecule has 8 aromatic carbocycles. The van der Waals surface area contributed by atoms with Crippen LogP contribution in [0.25, 0.3) is 76.6 Å². The van der Waals surface area contributed by atoms with Crippen LogP contribution in [0.3, 0.4) is 0 Å². The van der Waals surface area contributed by atoms with Crippen molar-refractivity contribution in [1.29, 1.82) is 0 Å². The molecule has 0 unspecified atom stereocenters. The highest BCUT2D eigenvalue weighted by Gasteiger charge is 2.47. The molecule has 0 bridgehead atoms. The lowest BCUT2D eigenvalue weighted by Crippen LogP contribution is -2.28. The van der Waals surface area contributed by atoms with E-state index in [0.29, 0.717) is 17.2 Å². The van der Waals surface area contributed by atoms with Crippen LogP contribution in [0.4, 0.5) is 0 Å². The molecule has 262 valence electrons. The van der Waals surface area contributed by atoms with Crippen molar-refractivity contribution in [2.24, 2.45) is 0 Å². The fourth-order valence-corrected chi connectivity index (χ4v) is 9.72. The van der Waals surface area contributed by atoms with Gasteiger partial charge in [0.1, 0.15) is 0 Å². The lowest BCUT2D eigenvalue weighted by molar-refractivity contribution is 0.768. The van der Waals surface area contributed by atoms with Gasteiger partial charge in [-0.1, -0.05) is 188 Å². The minimum absolute atomic E-state index is 0.00291. The van der Waals surface area contributed by atoms with Gasteiger partial charge in [0.25, 0.3) is 0 Å². The second kappa shape index (κ2) is 13.1. The van der Waals surface area contributed by atoms with E-state index in [0.717, 1.165) is 50.1 Å². The highest BCUT2D eigenvalue weighted by Crippen LogP contribution is 2.58. The fraction of sp³-hybridized carbons (Fsp3) is 0.0192. The summed E-state index contributed by atoms with van der Waals surface area (Å²) in [6.45, 7) is 0. The number of rotatable bonds is 6. The van der Waals surface area contributed by atoms with Gasteiger partial charge in [-0.05, 0) is 56.6 Å². The number of hydrogen-bond donors (Lipinski definition) is 0. The summed E-state index contributed by atoms with van der Waals surface area (Å²) in [5.41, 5.74) is 9.26. The highest BCUT2D eigenvalue weighted by molar-refractivity contribution is 7.25. The number of fused-ring (bicyclic) bond motifs is 6. The molecule has 0 saturated carbocycles. The molecule has 0 N–H and O–H groups in total. The van der Waals surface area contributed by atoms with Crippen molar-refractivity contribution < 1.29 is 6.85 Å². The Morgan fingerprint density at radius 3 is 1.73 bits per heavy atom. The Labute approximate surface area is 336 Å². The second-order valence-corrected chi connectivity index (χ2v) is 15.0. The van der Waals surface area contributed by atoms with Gasteiger partial charge >= 0.3 is 0 Å².